The summed E-state index contributed by atoms with van der Waals surface area (Å²) in [7, 11) is 0. The third-order valence-electron chi connectivity index (χ3n) is 5.49. The third kappa shape index (κ3) is 4.32. The van der Waals surface area contributed by atoms with E-state index < -0.39 is 0 Å². The number of nitrogens with zero attached hydrogens (tertiary/aromatic N) is 2. The second-order valence-corrected chi connectivity index (χ2v) is 8.92. The predicted octanol–water partition coefficient (Wildman–Crippen LogP) is 3.95. The summed E-state index contributed by atoms with van der Waals surface area (Å²) in [5.74, 6) is -0.404. The molecular weight excluding hydrogens is 399 g/mol. The number of halogens is 1. The molecule has 1 aliphatic rings. The Balaban J connectivity index is 1.55. The van der Waals surface area contributed by atoms with Crippen molar-refractivity contribution in [1.29, 1.82) is 0 Å². The average Bonchev–Trinajstić information content (AvgIpc) is 3.28. The van der Waals surface area contributed by atoms with Crippen molar-refractivity contribution in [3.8, 4) is 11.3 Å². The van der Waals surface area contributed by atoms with Crippen LogP contribution in [0.15, 0.2) is 36.5 Å². The first kappa shape index (κ1) is 20.8. The zero-order valence-electron chi connectivity index (χ0n) is 17.2. The number of carbonyl (C=O) groups is 1. The van der Waals surface area contributed by atoms with E-state index in [1.165, 1.54) is 22.6 Å². The number of fused-ring (bicyclic) bond motifs is 3. The number of benzene rings is 1. The molecule has 5 nitrogen and oxygen atoms in total. The Morgan fingerprint density at radius 1 is 1.40 bits per heavy atom. The second kappa shape index (κ2) is 9.10. The molecule has 4 rings (SSSR count). The molecule has 30 heavy (non-hydrogen) atoms. The highest BCUT2D eigenvalue weighted by molar-refractivity contribution is 7.14. The van der Waals surface area contributed by atoms with Crippen molar-refractivity contribution in [2.45, 2.75) is 51.6 Å². The first-order valence-corrected chi connectivity index (χ1v) is 11.3. The molecule has 0 spiro atoms. The van der Waals surface area contributed by atoms with E-state index in [-0.39, 0.29) is 17.8 Å². The summed E-state index contributed by atoms with van der Waals surface area (Å²) < 4.78 is 15.6. The van der Waals surface area contributed by atoms with Gasteiger partial charge in [-0.3, -0.25) is 9.48 Å². The standard InChI is InChI=1S/C23H27FN4OS/c1-2-5-16-14-26-28-9-4-8-20-19(22(16)28)12-21(30-20)23(29)27-18(13-25)11-15-6-3-7-17(24)10-15/h3,6-7,10,12,14,18H,2,4-5,8-9,11,13,25H2,1H3,(H,27,29). The van der Waals surface area contributed by atoms with Crippen molar-refractivity contribution < 1.29 is 9.18 Å². The van der Waals surface area contributed by atoms with Gasteiger partial charge in [-0.15, -0.1) is 11.3 Å². The highest BCUT2D eigenvalue weighted by Gasteiger charge is 2.24. The van der Waals surface area contributed by atoms with Gasteiger partial charge in [0.05, 0.1) is 16.8 Å². The zero-order valence-corrected chi connectivity index (χ0v) is 18.0. The molecule has 3 N–H and O–H groups in total. The minimum absolute atomic E-state index is 0.122. The minimum Gasteiger partial charge on any atom is -0.347 e. The largest absolute Gasteiger partial charge is 0.347 e. The van der Waals surface area contributed by atoms with Crippen LogP contribution in [0, 0.1) is 5.82 Å². The minimum atomic E-state index is -0.281. The van der Waals surface area contributed by atoms with Crippen molar-refractivity contribution >= 4 is 17.2 Å². The molecule has 0 bridgehead atoms. The van der Waals surface area contributed by atoms with Crippen molar-refractivity contribution in [3.63, 3.8) is 0 Å². The van der Waals surface area contributed by atoms with Crippen LogP contribution >= 0.6 is 11.3 Å². The Bertz CT molecular complexity index is 1040. The second-order valence-electron chi connectivity index (χ2n) is 7.78. The molecule has 3 aromatic rings. The van der Waals surface area contributed by atoms with Crippen LogP contribution in [-0.2, 0) is 25.8 Å². The van der Waals surface area contributed by atoms with Crippen LogP contribution in [0.4, 0.5) is 4.39 Å². The normalized spacial score (nSPS) is 14.0. The summed E-state index contributed by atoms with van der Waals surface area (Å²) in [6.45, 7) is 3.37. The molecule has 158 valence electrons. The highest BCUT2D eigenvalue weighted by atomic mass is 32.1. The molecule has 1 unspecified atom stereocenters. The molecule has 1 amide bonds. The third-order valence-corrected chi connectivity index (χ3v) is 6.68. The van der Waals surface area contributed by atoms with Gasteiger partial charge >= 0.3 is 0 Å². The van der Waals surface area contributed by atoms with Crippen LogP contribution in [-0.4, -0.2) is 28.3 Å². The van der Waals surface area contributed by atoms with Crippen LogP contribution < -0.4 is 11.1 Å². The van der Waals surface area contributed by atoms with Gasteiger partial charge in [-0.05, 0) is 55.0 Å². The van der Waals surface area contributed by atoms with Gasteiger partial charge in [0.25, 0.3) is 5.91 Å². The van der Waals surface area contributed by atoms with Crippen LogP contribution in [0.1, 0.15) is 45.4 Å². The van der Waals surface area contributed by atoms with Crippen LogP contribution in [0.2, 0.25) is 0 Å². The van der Waals surface area contributed by atoms with Gasteiger partial charge in [0.15, 0.2) is 0 Å². The lowest BCUT2D eigenvalue weighted by Crippen LogP contribution is -2.41. The molecule has 1 aromatic carbocycles. The monoisotopic (exact) mass is 426 g/mol. The van der Waals surface area contributed by atoms with E-state index in [4.69, 9.17) is 5.73 Å². The van der Waals surface area contributed by atoms with E-state index in [2.05, 4.69) is 22.0 Å². The highest BCUT2D eigenvalue weighted by Crippen LogP contribution is 2.37. The average molecular weight is 427 g/mol. The number of aromatic nitrogens is 2. The summed E-state index contributed by atoms with van der Waals surface area (Å²) >= 11 is 1.56. The van der Waals surface area contributed by atoms with Gasteiger partial charge in [0.1, 0.15) is 5.82 Å². The van der Waals surface area contributed by atoms with Crippen molar-refractivity contribution in [2.24, 2.45) is 5.73 Å². The molecule has 0 fully saturated rings. The molecule has 0 radical (unpaired) electrons. The molecule has 1 atom stereocenters. The van der Waals surface area contributed by atoms with Crippen molar-refractivity contribution in [1.82, 2.24) is 15.1 Å². The Morgan fingerprint density at radius 3 is 3.03 bits per heavy atom. The first-order chi connectivity index (χ1) is 14.6. The van der Waals surface area contributed by atoms with E-state index in [1.807, 2.05) is 18.3 Å². The van der Waals surface area contributed by atoms with E-state index in [0.717, 1.165) is 49.0 Å². The smallest absolute Gasteiger partial charge is 0.261 e. The van der Waals surface area contributed by atoms with E-state index in [0.29, 0.717) is 17.8 Å². The summed E-state index contributed by atoms with van der Waals surface area (Å²) in [4.78, 5) is 14.9. The predicted molar refractivity (Wildman–Crippen MR) is 118 cm³/mol. The summed E-state index contributed by atoms with van der Waals surface area (Å²) in [6, 6.07) is 8.18. The van der Waals surface area contributed by atoms with Crippen LogP contribution in [0.5, 0.6) is 0 Å². The van der Waals surface area contributed by atoms with Gasteiger partial charge in [-0.1, -0.05) is 25.5 Å². The maximum absolute atomic E-state index is 13.5. The molecule has 1 aliphatic heterocycles. The molecule has 0 saturated heterocycles. The maximum atomic E-state index is 13.5. The Kier molecular flexibility index (Phi) is 6.29. The number of hydrogen-bond donors (Lipinski definition) is 2. The van der Waals surface area contributed by atoms with Gasteiger partial charge in [0.2, 0.25) is 0 Å². The molecule has 7 heteroatoms. The molecule has 0 saturated carbocycles. The number of thiophene rings is 1. The van der Waals surface area contributed by atoms with Crippen molar-refractivity contribution in [3.05, 3.63) is 63.2 Å². The van der Waals surface area contributed by atoms with E-state index in [9.17, 15) is 9.18 Å². The SMILES string of the molecule is CCCc1cnn2c1-c1cc(C(=O)NC(CN)Cc3cccc(F)c3)sc1CCC2. The number of aryl methyl sites for hydroxylation is 3. The molecule has 3 heterocycles. The number of rotatable bonds is 7. The lowest BCUT2D eigenvalue weighted by Gasteiger charge is -2.16. The van der Waals surface area contributed by atoms with Gasteiger partial charge in [-0.25, -0.2) is 4.39 Å². The maximum Gasteiger partial charge on any atom is 0.261 e. The fourth-order valence-corrected chi connectivity index (χ4v) is 5.18. The van der Waals surface area contributed by atoms with E-state index >= 15 is 0 Å². The summed E-state index contributed by atoms with van der Waals surface area (Å²) in [5, 5.41) is 7.61. The Morgan fingerprint density at radius 2 is 2.27 bits per heavy atom. The quantitative estimate of drug-likeness (QED) is 0.601. The first-order valence-electron chi connectivity index (χ1n) is 10.5. The van der Waals surface area contributed by atoms with Gasteiger partial charge in [-0.2, -0.15) is 5.10 Å². The number of nitrogens with two attached hydrogens (primary N) is 1. The van der Waals surface area contributed by atoms with Crippen molar-refractivity contribution in [2.75, 3.05) is 6.54 Å². The lowest BCUT2D eigenvalue weighted by molar-refractivity contribution is 0.0942. The van der Waals surface area contributed by atoms with Gasteiger partial charge < -0.3 is 11.1 Å². The van der Waals surface area contributed by atoms with Gasteiger partial charge in [0, 0.05) is 29.6 Å². The fraction of sp³-hybridized carbons (Fsp3) is 0.391. The lowest BCUT2D eigenvalue weighted by atomic mass is 10.0. The Hall–Kier alpha value is -2.51. The Labute approximate surface area is 180 Å². The summed E-state index contributed by atoms with van der Waals surface area (Å²) in [5.41, 5.74) is 10.3. The molecular formula is C23H27FN4OS. The number of hydrogen-bond acceptors (Lipinski definition) is 4. The molecule has 2 aromatic heterocycles. The summed E-state index contributed by atoms with van der Waals surface area (Å²) in [6.07, 6.45) is 6.47. The zero-order chi connectivity index (χ0) is 21.1. The topological polar surface area (TPSA) is 72.9 Å². The fourth-order valence-electron chi connectivity index (χ4n) is 4.07. The molecule has 0 aliphatic carbocycles. The number of carbonyl (C=O) groups excluding carboxylic acids is 1. The number of amides is 1. The van der Waals surface area contributed by atoms with Crippen LogP contribution in [0.25, 0.3) is 11.3 Å². The van der Waals surface area contributed by atoms with Crippen LogP contribution in [0.3, 0.4) is 0 Å². The van der Waals surface area contributed by atoms with E-state index in [1.54, 1.807) is 17.4 Å². The number of nitrogens with one attached hydrogen (secondary N) is 1.